The van der Waals surface area contributed by atoms with Crippen molar-refractivity contribution in [2.24, 2.45) is 5.73 Å². The van der Waals surface area contributed by atoms with E-state index in [1.807, 2.05) is 13.1 Å². The molecule has 0 spiro atoms. The number of rotatable bonds is 7. The minimum atomic E-state index is 0.607. The Labute approximate surface area is 92.4 Å². The van der Waals surface area contributed by atoms with Gasteiger partial charge in [0.1, 0.15) is 0 Å². The van der Waals surface area contributed by atoms with E-state index in [-0.39, 0.29) is 0 Å². The van der Waals surface area contributed by atoms with Crippen molar-refractivity contribution in [2.75, 3.05) is 0 Å². The summed E-state index contributed by atoms with van der Waals surface area (Å²) in [5.41, 5.74) is 7.97. The Bertz CT molecular complexity index is 275. The molecule has 0 saturated heterocycles. The summed E-state index contributed by atoms with van der Waals surface area (Å²) in [6, 6.07) is 0. The van der Waals surface area contributed by atoms with Crippen molar-refractivity contribution in [1.82, 2.24) is 10.6 Å². The fourth-order valence-corrected chi connectivity index (χ4v) is 0.944. The molecule has 0 amide bonds. The molecule has 0 atom stereocenters. The van der Waals surface area contributed by atoms with Gasteiger partial charge in [0, 0.05) is 5.70 Å². The molecule has 0 radical (unpaired) electrons. The summed E-state index contributed by atoms with van der Waals surface area (Å²) in [6.07, 6.45) is 7.68. The molecular weight excluding hydrogens is 186 g/mol. The summed E-state index contributed by atoms with van der Waals surface area (Å²) in [6.45, 7) is 11.4. The van der Waals surface area contributed by atoms with Crippen LogP contribution in [0.15, 0.2) is 48.7 Å². The fourth-order valence-electron chi connectivity index (χ4n) is 0.944. The Morgan fingerprint density at radius 1 is 1.40 bits per heavy atom. The summed E-state index contributed by atoms with van der Waals surface area (Å²) in [5.74, 6) is 0. The zero-order chi connectivity index (χ0) is 11.7. The van der Waals surface area contributed by atoms with Gasteiger partial charge in [-0.2, -0.15) is 0 Å². The minimum Gasteiger partial charge on any atom is -0.396 e. The molecule has 3 heteroatoms. The van der Waals surface area contributed by atoms with Crippen LogP contribution in [0, 0.1) is 0 Å². The quantitative estimate of drug-likeness (QED) is 0.562. The van der Waals surface area contributed by atoms with Crippen LogP contribution in [0.5, 0.6) is 0 Å². The molecule has 0 unspecified atom stereocenters. The van der Waals surface area contributed by atoms with E-state index in [9.17, 15) is 0 Å². The average molecular weight is 207 g/mol. The van der Waals surface area contributed by atoms with Crippen molar-refractivity contribution >= 4 is 0 Å². The lowest BCUT2D eigenvalue weighted by molar-refractivity contribution is 0.933. The van der Waals surface area contributed by atoms with Gasteiger partial charge in [-0.15, -0.1) is 0 Å². The predicted molar refractivity (Wildman–Crippen MR) is 66.5 cm³/mol. The average Bonchev–Trinajstić information content (AvgIpc) is 2.23. The molecule has 0 aromatic heterocycles. The van der Waals surface area contributed by atoms with Gasteiger partial charge < -0.3 is 16.4 Å². The second-order valence-corrected chi connectivity index (χ2v) is 3.20. The highest BCUT2D eigenvalue weighted by Crippen LogP contribution is 2.02. The third-order valence-electron chi connectivity index (χ3n) is 1.88. The van der Waals surface area contributed by atoms with Gasteiger partial charge in [0.15, 0.2) is 0 Å². The second-order valence-electron chi connectivity index (χ2n) is 3.20. The first-order valence-corrected chi connectivity index (χ1v) is 5.08. The maximum atomic E-state index is 5.83. The van der Waals surface area contributed by atoms with Crippen LogP contribution >= 0.6 is 0 Å². The number of hydrogen-bond acceptors (Lipinski definition) is 3. The molecule has 0 aliphatic heterocycles. The third kappa shape index (κ3) is 5.62. The molecule has 0 aromatic carbocycles. The topological polar surface area (TPSA) is 50.1 Å². The molecule has 0 heterocycles. The molecule has 0 aliphatic carbocycles. The zero-order valence-electron chi connectivity index (χ0n) is 9.64. The van der Waals surface area contributed by atoms with Gasteiger partial charge >= 0.3 is 0 Å². The lowest BCUT2D eigenvalue weighted by Crippen LogP contribution is -2.18. The van der Waals surface area contributed by atoms with E-state index in [2.05, 4.69) is 36.8 Å². The smallest absolute Gasteiger partial charge is 0.0740 e. The van der Waals surface area contributed by atoms with Crippen LogP contribution in [0.3, 0.4) is 0 Å². The molecule has 84 valence electrons. The highest BCUT2D eigenvalue weighted by atomic mass is 14.9. The molecule has 0 fully saturated rings. The number of hydrogen-bond donors (Lipinski definition) is 3. The van der Waals surface area contributed by atoms with E-state index in [0.29, 0.717) is 11.4 Å². The largest absolute Gasteiger partial charge is 0.396 e. The van der Waals surface area contributed by atoms with Gasteiger partial charge in [-0.25, -0.2) is 0 Å². The van der Waals surface area contributed by atoms with Gasteiger partial charge in [-0.05, 0) is 25.7 Å². The van der Waals surface area contributed by atoms with Crippen LogP contribution < -0.4 is 16.4 Å². The van der Waals surface area contributed by atoms with E-state index in [0.717, 1.165) is 18.5 Å². The molecule has 4 N–H and O–H groups in total. The van der Waals surface area contributed by atoms with E-state index in [1.54, 1.807) is 6.20 Å². The SMILES string of the molecule is C=CN/C(C)=C(\N)C(=C)N/C=C/CCC. The molecule has 0 aromatic rings. The Hall–Kier alpha value is -1.64. The standard InChI is InChI=1S/C12H21N3/c1-5-7-8-9-15-11(4)12(13)10(3)14-6-2/h6,8-9,14-15H,2,4-5,7,13H2,1,3H3/b9-8+,12-10-. The van der Waals surface area contributed by atoms with Crippen molar-refractivity contribution in [2.45, 2.75) is 26.7 Å². The Morgan fingerprint density at radius 3 is 2.60 bits per heavy atom. The van der Waals surface area contributed by atoms with E-state index in [1.165, 1.54) is 0 Å². The van der Waals surface area contributed by atoms with Crippen LogP contribution in [0.25, 0.3) is 0 Å². The summed E-state index contributed by atoms with van der Waals surface area (Å²) >= 11 is 0. The number of allylic oxidation sites excluding steroid dienone is 2. The molecule has 0 rings (SSSR count). The highest BCUT2D eigenvalue weighted by molar-refractivity contribution is 5.29. The fraction of sp³-hybridized carbons (Fsp3) is 0.333. The first-order valence-electron chi connectivity index (χ1n) is 5.08. The van der Waals surface area contributed by atoms with Crippen LogP contribution in [0.2, 0.25) is 0 Å². The van der Waals surface area contributed by atoms with Crippen LogP contribution in [-0.2, 0) is 0 Å². The highest BCUT2D eigenvalue weighted by Gasteiger charge is 1.99. The lowest BCUT2D eigenvalue weighted by atomic mass is 10.3. The van der Waals surface area contributed by atoms with E-state index < -0.39 is 0 Å². The van der Waals surface area contributed by atoms with Crippen LogP contribution in [0.1, 0.15) is 26.7 Å². The maximum Gasteiger partial charge on any atom is 0.0740 e. The van der Waals surface area contributed by atoms with Gasteiger partial charge in [-0.1, -0.05) is 32.6 Å². The van der Waals surface area contributed by atoms with Crippen molar-refractivity contribution in [3.8, 4) is 0 Å². The third-order valence-corrected chi connectivity index (χ3v) is 1.88. The lowest BCUT2D eigenvalue weighted by Gasteiger charge is -2.09. The van der Waals surface area contributed by atoms with E-state index in [4.69, 9.17) is 5.73 Å². The summed E-state index contributed by atoms with van der Waals surface area (Å²) < 4.78 is 0. The summed E-state index contributed by atoms with van der Waals surface area (Å²) in [4.78, 5) is 0. The monoisotopic (exact) mass is 207 g/mol. The van der Waals surface area contributed by atoms with E-state index >= 15 is 0 Å². The van der Waals surface area contributed by atoms with Gasteiger partial charge in [0.25, 0.3) is 0 Å². The normalized spacial score (nSPS) is 12.1. The predicted octanol–water partition coefficient (Wildman–Crippen LogP) is 2.33. The first-order chi connectivity index (χ1) is 7.13. The number of unbranched alkanes of at least 4 members (excludes halogenated alkanes) is 1. The van der Waals surface area contributed by atoms with Crippen LogP contribution in [-0.4, -0.2) is 0 Å². The first kappa shape index (κ1) is 13.4. The minimum absolute atomic E-state index is 0.607. The van der Waals surface area contributed by atoms with Gasteiger partial charge in [0.05, 0.1) is 11.4 Å². The number of nitrogens with one attached hydrogen (secondary N) is 2. The Morgan fingerprint density at radius 2 is 2.07 bits per heavy atom. The maximum absolute atomic E-state index is 5.83. The molecule has 3 nitrogen and oxygen atoms in total. The molecule has 15 heavy (non-hydrogen) atoms. The summed E-state index contributed by atoms with van der Waals surface area (Å²) in [5, 5.41) is 5.95. The van der Waals surface area contributed by atoms with Gasteiger partial charge in [0.2, 0.25) is 0 Å². The van der Waals surface area contributed by atoms with Gasteiger partial charge in [-0.3, -0.25) is 0 Å². The van der Waals surface area contributed by atoms with Crippen molar-refractivity contribution in [3.63, 3.8) is 0 Å². The molecule has 0 bridgehead atoms. The molecular formula is C12H21N3. The molecule has 0 saturated carbocycles. The summed E-state index contributed by atoms with van der Waals surface area (Å²) in [7, 11) is 0. The number of nitrogens with two attached hydrogens (primary N) is 1. The molecule has 0 aliphatic rings. The van der Waals surface area contributed by atoms with Crippen molar-refractivity contribution in [1.29, 1.82) is 0 Å². The Balaban J connectivity index is 4.20. The van der Waals surface area contributed by atoms with Crippen molar-refractivity contribution in [3.05, 3.63) is 48.7 Å². The van der Waals surface area contributed by atoms with Crippen LogP contribution in [0.4, 0.5) is 0 Å². The second kappa shape index (κ2) is 7.74. The Kier molecular flexibility index (Phi) is 6.89. The zero-order valence-corrected chi connectivity index (χ0v) is 9.64. The van der Waals surface area contributed by atoms with Crippen molar-refractivity contribution < 1.29 is 0 Å².